The van der Waals surface area contributed by atoms with Crippen molar-refractivity contribution in [2.45, 2.75) is 49.0 Å². The van der Waals surface area contributed by atoms with E-state index in [1.54, 1.807) is 0 Å². The number of hydrogen-bond acceptors (Lipinski definition) is 4. The van der Waals surface area contributed by atoms with Gasteiger partial charge in [-0.1, -0.05) is 0 Å². The first-order valence-electron chi connectivity index (χ1n) is 7.03. The topological polar surface area (TPSA) is 95.9 Å². The van der Waals surface area contributed by atoms with Gasteiger partial charge in [0.05, 0.1) is 17.5 Å². The lowest BCUT2D eigenvalue weighted by atomic mass is 9.88. The van der Waals surface area contributed by atoms with Crippen molar-refractivity contribution in [3.63, 3.8) is 0 Å². The van der Waals surface area contributed by atoms with Crippen molar-refractivity contribution < 1.29 is 23.1 Å². The maximum absolute atomic E-state index is 11.9. The normalized spacial score (nSPS) is 29.8. The number of hydrogen-bond donors (Lipinski definition) is 2. The van der Waals surface area contributed by atoms with Gasteiger partial charge in [0, 0.05) is 19.1 Å². The predicted molar refractivity (Wildman–Crippen MR) is 71.0 cm³/mol. The van der Waals surface area contributed by atoms with Crippen LogP contribution in [0.5, 0.6) is 0 Å². The lowest BCUT2D eigenvalue weighted by molar-refractivity contribution is -0.0394. The summed E-state index contributed by atoms with van der Waals surface area (Å²) in [7, 11) is -3.18. The molecule has 1 amide bonds. The van der Waals surface area contributed by atoms with Crippen LogP contribution in [0, 0.1) is 0 Å². The Morgan fingerprint density at radius 1 is 1.30 bits per heavy atom. The van der Waals surface area contributed by atoms with E-state index in [4.69, 9.17) is 9.84 Å². The van der Waals surface area contributed by atoms with Crippen LogP contribution in [-0.2, 0) is 14.8 Å². The van der Waals surface area contributed by atoms with Gasteiger partial charge in [-0.3, -0.25) is 0 Å². The number of amides is 1. The Balaban J connectivity index is 1.56. The van der Waals surface area contributed by atoms with E-state index in [9.17, 15) is 13.2 Å². The Morgan fingerprint density at radius 2 is 1.95 bits per heavy atom. The van der Waals surface area contributed by atoms with E-state index in [0.717, 1.165) is 12.8 Å². The fourth-order valence-electron chi connectivity index (χ4n) is 3.08. The standard InChI is InChI=1S/C12H20N2O5S/c15-11(16)14-5-3-12(4-6-14)7-9(8-19-12)13-20(17,18)10-1-2-10/h9-10,13H,1-8H2,(H,15,16)/t9-/m1/s1. The maximum atomic E-state index is 11.9. The quantitative estimate of drug-likeness (QED) is 0.785. The second-order valence-electron chi connectivity index (χ2n) is 6.03. The number of nitrogens with one attached hydrogen (secondary N) is 1. The third-order valence-corrected chi connectivity index (χ3v) is 6.46. The van der Waals surface area contributed by atoms with Gasteiger partial charge >= 0.3 is 6.09 Å². The molecule has 3 aliphatic rings. The monoisotopic (exact) mass is 304 g/mol. The molecule has 2 saturated heterocycles. The molecule has 0 bridgehead atoms. The summed E-state index contributed by atoms with van der Waals surface area (Å²) in [6.45, 7) is 1.30. The van der Waals surface area contributed by atoms with Gasteiger partial charge in [0.25, 0.3) is 0 Å². The highest BCUT2D eigenvalue weighted by atomic mass is 32.2. The van der Waals surface area contributed by atoms with E-state index in [0.29, 0.717) is 39.0 Å². The molecular weight excluding hydrogens is 284 g/mol. The van der Waals surface area contributed by atoms with Crippen LogP contribution in [0.15, 0.2) is 0 Å². The van der Waals surface area contributed by atoms with E-state index in [1.165, 1.54) is 4.90 Å². The van der Waals surface area contributed by atoms with Crippen LogP contribution in [0.25, 0.3) is 0 Å². The zero-order chi connectivity index (χ0) is 14.4. The summed E-state index contributed by atoms with van der Waals surface area (Å²) in [5, 5.41) is 8.72. The van der Waals surface area contributed by atoms with Gasteiger partial charge < -0.3 is 14.7 Å². The lowest BCUT2D eigenvalue weighted by Gasteiger charge is -2.37. The number of ether oxygens (including phenoxy) is 1. The number of likely N-dealkylation sites (tertiary alicyclic amines) is 1. The molecule has 1 saturated carbocycles. The number of piperidine rings is 1. The van der Waals surface area contributed by atoms with E-state index >= 15 is 0 Å². The van der Waals surface area contributed by atoms with Gasteiger partial charge in [-0.15, -0.1) is 0 Å². The SMILES string of the molecule is O=C(O)N1CCC2(CC1)C[C@@H](NS(=O)(=O)C1CC1)CO2. The molecule has 0 radical (unpaired) electrons. The number of nitrogens with zero attached hydrogens (tertiary/aromatic N) is 1. The summed E-state index contributed by atoms with van der Waals surface area (Å²) in [5.74, 6) is 0. The Kier molecular flexibility index (Phi) is 3.42. The zero-order valence-corrected chi connectivity index (χ0v) is 12.1. The highest BCUT2D eigenvalue weighted by Crippen LogP contribution is 2.37. The van der Waals surface area contributed by atoms with Crippen LogP contribution in [0.1, 0.15) is 32.1 Å². The molecule has 7 nitrogen and oxygen atoms in total. The van der Waals surface area contributed by atoms with Crippen LogP contribution < -0.4 is 4.72 Å². The summed E-state index contributed by atoms with van der Waals surface area (Å²) in [6, 6.07) is -0.169. The van der Waals surface area contributed by atoms with Gasteiger partial charge in [-0.2, -0.15) is 0 Å². The molecule has 114 valence electrons. The van der Waals surface area contributed by atoms with Gasteiger partial charge in [0.1, 0.15) is 0 Å². The third-order valence-electron chi connectivity index (χ3n) is 4.45. The molecule has 2 heterocycles. The maximum Gasteiger partial charge on any atom is 0.407 e. The molecule has 0 aromatic heterocycles. The number of carbonyl (C=O) groups is 1. The molecule has 2 N–H and O–H groups in total. The summed E-state index contributed by atoms with van der Waals surface area (Å²) in [6.07, 6.45) is 2.53. The van der Waals surface area contributed by atoms with Crippen molar-refractivity contribution in [2.24, 2.45) is 0 Å². The largest absolute Gasteiger partial charge is 0.465 e. The van der Waals surface area contributed by atoms with Crippen LogP contribution >= 0.6 is 0 Å². The van der Waals surface area contributed by atoms with Gasteiger partial charge in [0.2, 0.25) is 10.0 Å². The summed E-state index contributed by atoms with van der Waals surface area (Å²) < 4.78 is 32.4. The summed E-state index contributed by atoms with van der Waals surface area (Å²) in [5.41, 5.74) is -0.345. The molecule has 1 atom stereocenters. The van der Waals surface area contributed by atoms with E-state index in [-0.39, 0.29) is 16.9 Å². The molecule has 0 aromatic carbocycles. The first-order valence-corrected chi connectivity index (χ1v) is 8.58. The van der Waals surface area contributed by atoms with Gasteiger partial charge in [-0.05, 0) is 32.1 Å². The smallest absolute Gasteiger partial charge is 0.407 e. The van der Waals surface area contributed by atoms with Crippen molar-refractivity contribution >= 4 is 16.1 Å². The minimum atomic E-state index is -3.18. The Hall–Kier alpha value is -0.860. The van der Waals surface area contributed by atoms with E-state index < -0.39 is 16.1 Å². The van der Waals surface area contributed by atoms with Crippen molar-refractivity contribution in [3.8, 4) is 0 Å². The van der Waals surface area contributed by atoms with Crippen LogP contribution in [-0.4, -0.2) is 61.1 Å². The summed E-state index contributed by atoms with van der Waals surface area (Å²) in [4.78, 5) is 12.3. The summed E-state index contributed by atoms with van der Waals surface area (Å²) >= 11 is 0. The molecule has 0 unspecified atom stereocenters. The van der Waals surface area contributed by atoms with Crippen molar-refractivity contribution in [1.29, 1.82) is 0 Å². The number of carboxylic acid groups (broad SMARTS) is 1. The Morgan fingerprint density at radius 3 is 2.50 bits per heavy atom. The third kappa shape index (κ3) is 2.77. The first-order chi connectivity index (χ1) is 9.40. The molecule has 0 aromatic rings. The Bertz CT molecular complexity index is 494. The second kappa shape index (κ2) is 4.85. The highest BCUT2D eigenvalue weighted by Gasteiger charge is 2.46. The lowest BCUT2D eigenvalue weighted by Crippen LogP contribution is -2.46. The van der Waals surface area contributed by atoms with Crippen molar-refractivity contribution in [2.75, 3.05) is 19.7 Å². The average Bonchev–Trinajstić information content (AvgIpc) is 3.17. The van der Waals surface area contributed by atoms with Crippen molar-refractivity contribution in [1.82, 2.24) is 9.62 Å². The molecule has 1 spiro atoms. The van der Waals surface area contributed by atoms with Crippen LogP contribution in [0.2, 0.25) is 0 Å². The molecule has 20 heavy (non-hydrogen) atoms. The van der Waals surface area contributed by atoms with Crippen LogP contribution in [0.4, 0.5) is 4.79 Å². The van der Waals surface area contributed by atoms with Crippen LogP contribution in [0.3, 0.4) is 0 Å². The predicted octanol–water partition coefficient (Wildman–Crippen LogP) is 0.370. The number of rotatable bonds is 3. The average molecular weight is 304 g/mol. The number of sulfonamides is 1. The molecule has 2 aliphatic heterocycles. The van der Waals surface area contributed by atoms with Crippen molar-refractivity contribution in [3.05, 3.63) is 0 Å². The fraction of sp³-hybridized carbons (Fsp3) is 0.917. The highest BCUT2D eigenvalue weighted by molar-refractivity contribution is 7.90. The molecule has 3 fully saturated rings. The molecule has 8 heteroatoms. The van der Waals surface area contributed by atoms with Gasteiger partial charge in [0.15, 0.2) is 0 Å². The fourth-order valence-corrected chi connectivity index (χ4v) is 4.65. The molecule has 1 aliphatic carbocycles. The Labute approximate surface area is 118 Å². The van der Waals surface area contributed by atoms with Gasteiger partial charge in [-0.25, -0.2) is 17.9 Å². The molecular formula is C12H20N2O5S. The first kappa shape index (κ1) is 14.1. The second-order valence-corrected chi connectivity index (χ2v) is 8.02. The minimum Gasteiger partial charge on any atom is -0.465 e. The zero-order valence-electron chi connectivity index (χ0n) is 11.2. The molecule has 3 rings (SSSR count). The minimum absolute atomic E-state index is 0.169. The van der Waals surface area contributed by atoms with E-state index in [1.807, 2.05) is 0 Å². The van der Waals surface area contributed by atoms with E-state index in [2.05, 4.69) is 4.72 Å².